The Labute approximate surface area is 120 Å². The minimum absolute atomic E-state index is 0.00515. The topological polar surface area (TPSA) is 94.1 Å². The van der Waals surface area contributed by atoms with Gasteiger partial charge >= 0.3 is 6.01 Å². The van der Waals surface area contributed by atoms with Crippen molar-refractivity contribution in [2.45, 2.75) is 13.8 Å². The highest BCUT2D eigenvalue weighted by Gasteiger charge is 2.15. The zero-order valence-electron chi connectivity index (χ0n) is 11.5. The lowest BCUT2D eigenvalue weighted by Crippen LogP contribution is -2.11. The molecule has 7 nitrogen and oxygen atoms in total. The molecule has 0 aliphatic rings. The van der Waals surface area contributed by atoms with Crippen molar-refractivity contribution in [3.63, 3.8) is 0 Å². The van der Waals surface area contributed by atoms with E-state index in [0.717, 1.165) is 16.7 Å². The summed E-state index contributed by atoms with van der Waals surface area (Å²) in [7, 11) is 0. The van der Waals surface area contributed by atoms with Gasteiger partial charge in [0.25, 0.3) is 5.91 Å². The van der Waals surface area contributed by atoms with Gasteiger partial charge in [-0.25, -0.2) is 0 Å². The predicted octanol–water partition coefficient (Wildman–Crippen LogP) is 2.59. The van der Waals surface area contributed by atoms with Gasteiger partial charge < -0.3 is 8.94 Å². The van der Waals surface area contributed by atoms with Crippen LogP contribution in [0.3, 0.4) is 0 Å². The van der Waals surface area contributed by atoms with Crippen molar-refractivity contribution in [1.82, 2.24) is 15.4 Å². The molecule has 1 amide bonds. The van der Waals surface area contributed by atoms with E-state index in [1.165, 1.54) is 12.3 Å². The molecule has 0 unspecified atom stereocenters. The molecule has 21 heavy (non-hydrogen) atoms. The zero-order chi connectivity index (χ0) is 14.8. The van der Waals surface area contributed by atoms with Gasteiger partial charge in [0.2, 0.25) is 11.7 Å². The Kier molecular flexibility index (Phi) is 3.23. The summed E-state index contributed by atoms with van der Waals surface area (Å²) in [6.07, 6.45) is 1.38. The molecule has 1 N–H and O–H groups in total. The van der Waals surface area contributed by atoms with Gasteiger partial charge in [-0.3, -0.25) is 10.1 Å². The van der Waals surface area contributed by atoms with Crippen LogP contribution in [0.15, 0.2) is 39.4 Å². The number of carbonyl (C=O) groups excluding carboxylic acids is 1. The first-order valence-corrected chi connectivity index (χ1v) is 6.26. The van der Waals surface area contributed by atoms with Crippen LogP contribution in [0, 0.1) is 13.8 Å². The highest BCUT2D eigenvalue weighted by atomic mass is 16.5. The van der Waals surface area contributed by atoms with Crippen molar-refractivity contribution < 1.29 is 13.7 Å². The molecule has 0 saturated heterocycles. The molecule has 2 heterocycles. The van der Waals surface area contributed by atoms with Crippen molar-refractivity contribution in [2.24, 2.45) is 0 Å². The highest BCUT2D eigenvalue weighted by molar-refractivity contribution is 6.00. The number of nitrogens with one attached hydrogen (secondary N) is 1. The second-order valence-electron chi connectivity index (χ2n) is 4.62. The summed E-state index contributed by atoms with van der Waals surface area (Å²) < 4.78 is 10.2. The molecule has 2 aromatic heterocycles. The lowest BCUT2D eigenvalue weighted by molar-refractivity contribution is 0.0985. The van der Waals surface area contributed by atoms with Crippen LogP contribution < -0.4 is 5.32 Å². The van der Waals surface area contributed by atoms with Crippen molar-refractivity contribution in [2.75, 3.05) is 5.32 Å². The fourth-order valence-electron chi connectivity index (χ4n) is 1.98. The molecule has 3 aromatic rings. The molecule has 0 radical (unpaired) electrons. The SMILES string of the molecule is Cc1cc(C)cc(-c2nnc(NC(=O)c3ccno3)o2)c1. The number of benzene rings is 1. The predicted molar refractivity (Wildman–Crippen MR) is 73.7 cm³/mol. The molecule has 3 rings (SSSR count). The molecule has 0 atom stereocenters. The van der Waals surface area contributed by atoms with Gasteiger partial charge in [0.05, 0.1) is 6.20 Å². The van der Waals surface area contributed by atoms with Crippen LogP contribution in [0.5, 0.6) is 0 Å². The molecule has 106 valence electrons. The summed E-state index contributed by atoms with van der Waals surface area (Å²) in [5, 5.41) is 13.6. The lowest BCUT2D eigenvalue weighted by Gasteiger charge is -2.00. The average Bonchev–Trinajstić information content (AvgIpc) is 3.08. The minimum atomic E-state index is -0.497. The largest absolute Gasteiger partial charge is 0.403 e. The van der Waals surface area contributed by atoms with E-state index in [9.17, 15) is 4.79 Å². The first-order valence-electron chi connectivity index (χ1n) is 6.26. The van der Waals surface area contributed by atoms with Crippen molar-refractivity contribution in [1.29, 1.82) is 0 Å². The third-order valence-electron chi connectivity index (χ3n) is 2.78. The Morgan fingerprint density at radius 3 is 2.57 bits per heavy atom. The second-order valence-corrected chi connectivity index (χ2v) is 4.62. The van der Waals surface area contributed by atoms with Crippen LogP contribution in [0.25, 0.3) is 11.5 Å². The minimum Gasteiger partial charge on any atom is -0.403 e. The summed E-state index contributed by atoms with van der Waals surface area (Å²) in [5.41, 5.74) is 2.99. The Bertz CT molecular complexity index is 757. The van der Waals surface area contributed by atoms with E-state index >= 15 is 0 Å². The first kappa shape index (κ1) is 13.0. The second kappa shape index (κ2) is 5.20. The summed E-state index contributed by atoms with van der Waals surface area (Å²) in [6.45, 7) is 3.97. The molecular formula is C14H12N4O3. The van der Waals surface area contributed by atoms with Crippen molar-refractivity contribution >= 4 is 11.9 Å². The van der Waals surface area contributed by atoms with Gasteiger partial charge in [0.1, 0.15) is 0 Å². The number of hydrogen-bond acceptors (Lipinski definition) is 6. The molecule has 7 heteroatoms. The molecule has 1 aromatic carbocycles. The molecule has 0 aliphatic heterocycles. The number of anilines is 1. The van der Waals surface area contributed by atoms with Crippen LogP contribution in [0.4, 0.5) is 6.01 Å². The van der Waals surface area contributed by atoms with Crippen LogP contribution in [0.2, 0.25) is 0 Å². The molecule has 0 fully saturated rings. The quantitative estimate of drug-likeness (QED) is 0.794. The fraction of sp³-hybridized carbons (Fsp3) is 0.143. The highest BCUT2D eigenvalue weighted by Crippen LogP contribution is 2.22. The maximum atomic E-state index is 11.8. The number of aromatic nitrogens is 3. The van der Waals surface area contributed by atoms with Gasteiger partial charge in [0, 0.05) is 11.6 Å². The Balaban J connectivity index is 1.81. The average molecular weight is 284 g/mol. The Morgan fingerprint density at radius 1 is 1.14 bits per heavy atom. The van der Waals surface area contributed by atoms with Gasteiger partial charge in [-0.05, 0) is 26.0 Å². The van der Waals surface area contributed by atoms with E-state index in [1.807, 2.05) is 32.0 Å². The Morgan fingerprint density at radius 2 is 1.90 bits per heavy atom. The molecule has 0 spiro atoms. The van der Waals surface area contributed by atoms with Gasteiger partial charge in [0.15, 0.2) is 0 Å². The third-order valence-corrected chi connectivity index (χ3v) is 2.78. The van der Waals surface area contributed by atoms with Crippen LogP contribution in [-0.4, -0.2) is 21.3 Å². The number of carbonyl (C=O) groups is 1. The van der Waals surface area contributed by atoms with Gasteiger partial charge in [-0.2, -0.15) is 0 Å². The number of aryl methyl sites for hydroxylation is 2. The molecule has 0 bridgehead atoms. The third kappa shape index (κ3) is 2.81. The fourth-order valence-corrected chi connectivity index (χ4v) is 1.98. The van der Waals surface area contributed by atoms with E-state index in [4.69, 9.17) is 8.94 Å². The summed E-state index contributed by atoms with van der Waals surface area (Å²) in [6, 6.07) is 7.36. The standard InChI is InChI=1S/C14H12N4O3/c1-8-5-9(2)7-10(6-8)13-17-18-14(20-13)16-12(19)11-3-4-15-21-11/h3-7H,1-2H3,(H,16,18,19). The van der Waals surface area contributed by atoms with E-state index in [-0.39, 0.29) is 11.8 Å². The van der Waals surface area contributed by atoms with E-state index < -0.39 is 5.91 Å². The van der Waals surface area contributed by atoms with Gasteiger partial charge in [-0.15, -0.1) is 5.10 Å². The maximum absolute atomic E-state index is 11.8. The summed E-state index contributed by atoms with van der Waals surface area (Å²) >= 11 is 0. The van der Waals surface area contributed by atoms with Crippen LogP contribution in [-0.2, 0) is 0 Å². The summed E-state index contributed by atoms with van der Waals surface area (Å²) in [5.74, 6) is -0.0843. The Hall–Kier alpha value is -2.96. The smallest absolute Gasteiger partial charge is 0.322 e. The number of hydrogen-bond donors (Lipinski definition) is 1. The van der Waals surface area contributed by atoms with Crippen molar-refractivity contribution in [3.8, 4) is 11.5 Å². The molecule has 0 saturated carbocycles. The lowest BCUT2D eigenvalue weighted by atomic mass is 10.1. The maximum Gasteiger partial charge on any atom is 0.322 e. The zero-order valence-corrected chi connectivity index (χ0v) is 11.5. The van der Waals surface area contributed by atoms with Crippen LogP contribution in [0.1, 0.15) is 21.7 Å². The number of nitrogens with zero attached hydrogens (tertiary/aromatic N) is 3. The molecule has 0 aliphatic carbocycles. The first-order chi connectivity index (χ1) is 10.1. The van der Waals surface area contributed by atoms with E-state index in [2.05, 4.69) is 20.7 Å². The van der Waals surface area contributed by atoms with Gasteiger partial charge in [-0.1, -0.05) is 27.4 Å². The van der Waals surface area contributed by atoms with E-state index in [0.29, 0.717) is 5.89 Å². The summed E-state index contributed by atoms with van der Waals surface area (Å²) in [4.78, 5) is 11.8. The number of amides is 1. The van der Waals surface area contributed by atoms with E-state index in [1.54, 1.807) is 0 Å². The van der Waals surface area contributed by atoms with Crippen molar-refractivity contribution in [3.05, 3.63) is 47.3 Å². The monoisotopic (exact) mass is 284 g/mol. The normalized spacial score (nSPS) is 10.6. The van der Waals surface area contributed by atoms with Crippen LogP contribution >= 0.6 is 0 Å². The molecular weight excluding hydrogens is 272 g/mol. The number of rotatable bonds is 3.